The largest absolute Gasteiger partial charge is 0.152 e. The Balaban J connectivity index is 2.81. The summed E-state index contributed by atoms with van der Waals surface area (Å²) in [5.41, 5.74) is 5.12. The Labute approximate surface area is 70.8 Å². The quantitative estimate of drug-likeness (QED) is 0.556. The van der Waals surface area contributed by atoms with Gasteiger partial charge in [-0.05, 0) is 52.9 Å². The lowest BCUT2D eigenvalue weighted by Crippen LogP contribution is -1.73. The molecule has 1 radical (unpaired) electrons. The maximum absolute atomic E-state index is 3.97. The molecule has 0 atom stereocenters. The molecule has 1 heterocycles. The van der Waals surface area contributed by atoms with Crippen LogP contribution >= 0.6 is 11.3 Å². The summed E-state index contributed by atoms with van der Waals surface area (Å²) < 4.78 is 0. The van der Waals surface area contributed by atoms with E-state index in [4.69, 9.17) is 0 Å². The molecule has 1 aliphatic carbocycles. The molecule has 1 heteroatoms. The monoisotopic (exact) mass is 161 g/mol. The molecule has 0 saturated heterocycles. The molecule has 11 heavy (non-hydrogen) atoms. The zero-order valence-corrected chi connectivity index (χ0v) is 7.24. The summed E-state index contributed by atoms with van der Waals surface area (Å²) in [7, 11) is 0. The van der Waals surface area contributed by atoms with Gasteiger partial charge in [0.15, 0.2) is 0 Å². The number of fused-ring (bicyclic) bond motifs is 1. The van der Waals surface area contributed by atoms with Crippen LogP contribution in [0.4, 0.5) is 0 Å². The Hall–Kier alpha value is -0.820. The molecule has 0 saturated carbocycles. The topological polar surface area (TPSA) is 0 Å². The van der Waals surface area contributed by atoms with E-state index in [-0.39, 0.29) is 0 Å². The van der Waals surface area contributed by atoms with Gasteiger partial charge in [0, 0.05) is 0 Å². The highest BCUT2D eigenvalue weighted by atomic mass is 32.1. The van der Waals surface area contributed by atoms with Crippen LogP contribution in [0.5, 0.6) is 0 Å². The van der Waals surface area contributed by atoms with Crippen molar-refractivity contribution in [3.8, 4) is 11.1 Å². The van der Waals surface area contributed by atoms with Gasteiger partial charge in [-0.2, -0.15) is 11.3 Å². The number of rotatable bonds is 0. The maximum atomic E-state index is 3.97. The summed E-state index contributed by atoms with van der Waals surface area (Å²) in [6.07, 6.45) is 0. The maximum Gasteiger partial charge on any atom is -0.00122 e. The molecule has 0 amide bonds. The lowest BCUT2D eigenvalue weighted by molar-refractivity contribution is 1.55. The normalized spacial score (nSPS) is 10.7. The first-order valence-corrected chi connectivity index (χ1v) is 4.51. The van der Waals surface area contributed by atoms with Crippen LogP contribution in [-0.2, 0) is 0 Å². The van der Waals surface area contributed by atoms with Gasteiger partial charge in [0.25, 0.3) is 0 Å². The molecule has 2 rings (SSSR count). The SMILES string of the molecule is [CH2]c1cc(C)c2csccc1-2. The third kappa shape index (κ3) is 0.962. The van der Waals surface area contributed by atoms with Crippen molar-refractivity contribution < 1.29 is 0 Å². The van der Waals surface area contributed by atoms with Crippen LogP contribution in [0.1, 0.15) is 11.1 Å². The molecule has 0 aromatic rings. The van der Waals surface area contributed by atoms with Gasteiger partial charge < -0.3 is 0 Å². The van der Waals surface area contributed by atoms with Crippen LogP contribution in [0.25, 0.3) is 11.1 Å². The fourth-order valence-corrected chi connectivity index (χ4v) is 2.11. The first-order chi connectivity index (χ1) is 5.29. The van der Waals surface area contributed by atoms with Crippen molar-refractivity contribution in [1.82, 2.24) is 0 Å². The van der Waals surface area contributed by atoms with E-state index in [0.717, 1.165) is 5.56 Å². The molecule has 0 aromatic carbocycles. The second kappa shape index (κ2) is 2.35. The number of hydrogen-bond acceptors (Lipinski definition) is 1. The van der Waals surface area contributed by atoms with Gasteiger partial charge in [0.05, 0.1) is 0 Å². The summed E-state index contributed by atoms with van der Waals surface area (Å²) >= 11 is 1.73. The first-order valence-electron chi connectivity index (χ1n) is 3.56. The molecule has 0 bridgehead atoms. The highest BCUT2D eigenvalue weighted by Crippen LogP contribution is 2.32. The van der Waals surface area contributed by atoms with Gasteiger partial charge in [-0.1, -0.05) is 6.07 Å². The van der Waals surface area contributed by atoms with Crippen LogP contribution in [0.3, 0.4) is 0 Å². The molecule has 0 N–H and O–H groups in total. The Morgan fingerprint density at radius 1 is 1.36 bits per heavy atom. The van der Waals surface area contributed by atoms with Gasteiger partial charge in [-0.3, -0.25) is 0 Å². The molecule has 0 spiro atoms. The predicted octanol–water partition coefficient (Wildman–Crippen LogP) is 3.34. The van der Waals surface area contributed by atoms with Crippen LogP contribution in [0, 0.1) is 13.8 Å². The van der Waals surface area contributed by atoms with Crippen molar-refractivity contribution >= 4 is 11.3 Å². The summed E-state index contributed by atoms with van der Waals surface area (Å²) in [5, 5.41) is 4.27. The van der Waals surface area contributed by atoms with Gasteiger partial charge in [-0.15, -0.1) is 0 Å². The van der Waals surface area contributed by atoms with Crippen LogP contribution < -0.4 is 0 Å². The van der Waals surface area contributed by atoms with Crippen LogP contribution in [0.15, 0.2) is 22.9 Å². The average Bonchev–Trinajstić information content (AvgIpc) is 2.30. The number of aryl methyl sites for hydroxylation is 1. The zero-order chi connectivity index (χ0) is 7.84. The Bertz CT molecular complexity index is 313. The average molecular weight is 161 g/mol. The van der Waals surface area contributed by atoms with E-state index >= 15 is 0 Å². The Morgan fingerprint density at radius 2 is 2.18 bits per heavy atom. The molecule has 0 nitrogen and oxygen atoms in total. The fourth-order valence-electron chi connectivity index (χ4n) is 1.37. The second-order valence-electron chi connectivity index (χ2n) is 2.74. The van der Waals surface area contributed by atoms with Gasteiger partial charge in [0.2, 0.25) is 0 Å². The zero-order valence-electron chi connectivity index (χ0n) is 6.42. The van der Waals surface area contributed by atoms with Crippen molar-refractivity contribution in [2.24, 2.45) is 0 Å². The molecule has 0 aromatic heterocycles. The molecular weight excluding hydrogens is 152 g/mol. The highest BCUT2D eigenvalue weighted by Gasteiger charge is 2.08. The Morgan fingerprint density at radius 3 is 2.91 bits per heavy atom. The molecule has 55 valence electrons. The predicted molar refractivity (Wildman–Crippen MR) is 50.1 cm³/mol. The van der Waals surface area contributed by atoms with Gasteiger partial charge in [0.1, 0.15) is 0 Å². The third-order valence-corrected chi connectivity index (χ3v) is 2.62. The van der Waals surface area contributed by atoms with E-state index < -0.39 is 0 Å². The lowest BCUT2D eigenvalue weighted by atomic mass is 10.1. The summed E-state index contributed by atoms with van der Waals surface area (Å²) in [6, 6.07) is 4.27. The van der Waals surface area contributed by atoms with Gasteiger partial charge >= 0.3 is 0 Å². The van der Waals surface area contributed by atoms with Crippen molar-refractivity contribution in [2.75, 3.05) is 0 Å². The van der Waals surface area contributed by atoms with E-state index in [1.165, 1.54) is 16.7 Å². The summed E-state index contributed by atoms with van der Waals surface area (Å²) in [5.74, 6) is 0. The standard InChI is InChI=1S/C10H9S/c1-7-5-8(2)10-6-11-4-3-9(7)10/h3-6H,1H2,2H3. The van der Waals surface area contributed by atoms with Crippen molar-refractivity contribution in [3.05, 3.63) is 40.9 Å². The van der Waals surface area contributed by atoms with E-state index in [1.807, 2.05) is 0 Å². The molecular formula is C10H9S. The molecule has 0 unspecified atom stereocenters. The second-order valence-corrected chi connectivity index (χ2v) is 3.52. The van der Waals surface area contributed by atoms with Crippen LogP contribution in [-0.4, -0.2) is 0 Å². The number of hydrogen-bond donors (Lipinski definition) is 0. The summed E-state index contributed by atoms with van der Waals surface area (Å²) in [6.45, 7) is 6.10. The van der Waals surface area contributed by atoms with E-state index in [1.54, 1.807) is 11.3 Å². The first kappa shape index (κ1) is 6.86. The minimum atomic E-state index is 1.14. The molecule has 2 aliphatic rings. The lowest BCUT2D eigenvalue weighted by Gasteiger charge is -1.98. The van der Waals surface area contributed by atoms with Crippen LogP contribution in [0.2, 0.25) is 0 Å². The van der Waals surface area contributed by atoms with Gasteiger partial charge in [-0.25, -0.2) is 0 Å². The van der Waals surface area contributed by atoms with E-state index in [0.29, 0.717) is 0 Å². The summed E-state index contributed by atoms with van der Waals surface area (Å²) in [4.78, 5) is 0. The molecule has 1 aliphatic heterocycles. The third-order valence-electron chi connectivity index (χ3n) is 1.95. The minimum absolute atomic E-state index is 1.14. The van der Waals surface area contributed by atoms with Crippen molar-refractivity contribution in [3.63, 3.8) is 0 Å². The minimum Gasteiger partial charge on any atom is -0.152 e. The van der Waals surface area contributed by atoms with E-state index in [2.05, 4.69) is 36.7 Å². The Kier molecular flexibility index (Phi) is 1.46. The fraction of sp³-hybridized carbons (Fsp3) is 0.100. The smallest absolute Gasteiger partial charge is 0.00122 e. The van der Waals surface area contributed by atoms with Crippen molar-refractivity contribution in [2.45, 2.75) is 6.92 Å². The highest BCUT2D eigenvalue weighted by molar-refractivity contribution is 7.07. The van der Waals surface area contributed by atoms with E-state index in [9.17, 15) is 0 Å². The van der Waals surface area contributed by atoms with Crippen molar-refractivity contribution in [1.29, 1.82) is 0 Å². The molecule has 0 fully saturated rings.